The summed E-state index contributed by atoms with van der Waals surface area (Å²) in [6.07, 6.45) is 2.56. The molecule has 1 fully saturated rings. The molecular weight excluding hydrogens is 382 g/mol. The van der Waals surface area contributed by atoms with E-state index in [9.17, 15) is 14.7 Å². The first kappa shape index (κ1) is 21.9. The normalized spacial score (nSPS) is 16.1. The van der Waals surface area contributed by atoms with E-state index in [4.69, 9.17) is 4.74 Å². The number of carbonyl (C=O) groups excluding carboxylic acids is 2. The second-order valence-corrected chi connectivity index (χ2v) is 7.83. The van der Waals surface area contributed by atoms with Crippen molar-refractivity contribution < 1.29 is 19.4 Å². The molecule has 7 nitrogen and oxygen atoms in total. The van der Waals surface area contributed by atoms with Gasteiger partial charge in [-0.15, -0.1) is 0 Å². The number of nitrogens with one attached hydrogen (secondary N) is 1. The van der Waals surface area contributed by atoms with Gasteiger partial charge in [-0.25, -0.2) is 4.98 Å². The van der Waals surface area contributed by atoms with E-state index in [1.165, 1.54) is 6.92 Å². The molecule has 0 aliphatic carbocycles. The molecule has 2 N–H and O–H groups in total. The molecule has 1 aliphatic heterocycles. The molecule has 1 aromatic heterocycles. The number of amides is 1. The lowest BCUT2D eigenvalue weighted by Crippen LogP contribution is -2.42. The Labute approximate surface area is 177 Å². The zero-order chi connectivity index (χ0) is 21.5. The van der Waals surface area contributed by atoms with Crippen molar-refractivity contribution in [2.45, 2.75) is 32.8 Å². The van der Waals surface area contributed by atoms with Crippen LogP contribution in [0.3, 0.4) is 0 Å². The molecule has 1 aliphatic rings. The molecule has 30 heavy (non-hydrogen) atoms. The Morgan fingerprint density at radius 1 is 1.23 bits per heavy atom. The molecule has 1 amide bonds. The number of ether oxygens (including phenoxy) is 1. The summed E-state index contributed by atoms with van der Waals surface area (Å²) in [6, 6.07) is 10.6. The first-order chi connectivity index (χ1) is 14.4. The van der Waals surface area contributed by atoms with Gasteiger partial charge in [0.2, 0.25) is 5.91 Å². The predicted molar refractivity (Wildman–Crippen MR) is 115 cm³/mol. The summed E-state index contributed by atoms with van der Waals surface area (Å²) < 4.78 is 5.62. The van der Waals surface area contributed by atoms with E-state index < -0.39 is 6.10 Å². The fourth-order valence-electron chi connectivity index (χ4n) is 3.54. The van der Waals surface area contributed by atoms with Crippen molar-refractivity contribution in [3.63, 3.8) is 0 Å². The van der Waals surface area contributed by atoms with E-state index in [1.807, 2.05) is 19.1 Å². The van der Waals surface area contributed by atoms with Gasteiger partial charge in [-0.1, -0.05) is 0 Å². The maximum atomic E-state index is 12.5. The van der Waals surface area contributed by atoms with E-state index in [1.54, 1.807) is 30.5 Å². The number of aliphatic hydroxyl groups excluding tert-OH is 1. The van der Waals surface area contributed by atoms with Crippen LogP contribution in [0.25, 0.3) is 0 Å². The molecule has 0 saturated carbocycles. The second kappa shape index (κ2) is 10.3. The van der Waals surface area contributed by atoms with Crippen molar-refractivity contribution in [3.8, 4) is 5.75 Å². The molecule has 0 radical (unpaired) electrons. The summed E-state index contributed by atoms with van der Waals surface area (Å²) in [5.41, 5.74) is 1.69. The van der Waals surface area contributed by atoms with E-state index >= 15 is 0 Å². The van der Waals surface area contributed by atoms with Gasteiger partial charge >= 0.3 is 0 Å². The molecule has 7 heteroatoms. The van der Waals surface area contributed by atoms with Crippen LogP contribution in [0, 0.1) is 12.8 Å². The average molecular weight is 412 g/mol. The summed E-state index contributed by atoms with van der Waals surface area (Å²) in [5.74, 6) is 1.18. The van der Waals surface area contributed by atoms with E-state index in [-0.39, 0.29) is 24.2 Å². The third kappa shape index (κ3) is 6.37. The number of pyridine rings is 1. The molecular formula is C23H29N3O4. The minimum atomic E-state index is -0.626. The summed E-state index contributed by atoms with van der Waals surface area (Å²) in [5, 5.41) is 13.2. The van der Waals surface area contributed by atoms with Gasteiger partial charge in [0.25, 0.3) is 0 Å². The first-order valence-electron chi connectivity index (χ1n) is 10.3. The number of anilines is 1. The molecule has 0 bridgehead atoms. The molecule has 160 valence electrons. The lowest BCUT2D eigenvalue weighted by Gasteiger charge is -2.32. The number of ketones is 1. The smallest absolute Gasteiger partial charge is 0.228 e. The SMILES string of the molecule is CC(=O)c1ccc(OCC(O)CN2CCC(C(=O)Nc3cc(C)ccn3)CC2)cc1. The molecule has 1 aromatic carbocycles. The Balaban J connectivity index is 1.38. The molecule has 1 unspecified atom stereocenters. The highest BCUT2D eigenvalue weighted by atomic mass is 16.5. The van der Waals surface area contributed by atoms with Crippen molar-refractivity contribution in [1.29, 1.82) is 0 Å². The highest BCUT2D eigenvalue weighted by molar-refractivity contribution is 5.94. The summed E-state index contributed by atoms with van der Waals surface area (Å²) >= 11 is 0. The number of piperidine rings is 1. The number of carbonyl (C=O) groups is 2. The van der Waals surface area contributed by atoms with Crippen molar-refractivity contribution in [1.82, 2.24) is 9.88 Å². The summed E-state index contributed by atoms with van der Waals surface area (Å²) in [7, 11) is 0. The number of β-amino-alcohol motifs (C(OH)–C–C–N with tert-alkyl or cyclic N) is 1. The van der Waals surface area contributed by atoms with Gasteiger partial charge in [0.15, 0.2) is 5.78 Å². The van der Waals surface area contributed by atoms with Crippen LogP contribution in [0.2, 0.25) is 0 Å². The summed E-state index contributed by atoms with van der Waals surface area (Å²) in [4.78, 5) is 30.1. The summed E-state index contributed by atoms with van der Waals surface area (Å²) in [6.45, 7) is 5.67. The Hall–Kier alpha value is -2.77. The number of aromatic nitrogens is 1. The number of hydrogen-bond acceptors (Lipinski definition) is 6. The Bertz CT molecular complexity index is 861. The first-order valence-corrected chi connectivity index (χ1v) is 10.3. The van der Waals surface area contributed by atoms with Crippen LogP contribution < -0.4 is 10.1 Å². The number of nitrogens with zero attached hydrogens (tertiary/aromatic N) is 2. The molecule has 3 rings (SSSR count). The van der Waals surface area contributed by atoms with Gasteiger partial charge in [-0.3, -0.25) is 9.59 Å². The van der Waals surface area contributed by atoms with Crippen molar-refractivity contribution in [3.05, 3.63) is 53.7 Å². The minimum absolute atomic E-state index is 0.00522. The molecule has 1 saturated heterocycles. The van der Waals surface area contributed by atoms with Crippen LogP contribution in [-0.2, 0) is 4.79 Å². The highest BCUT2D eigenvalue weighted by Crippen LogP contribution is 2.20. The topological polar surface area (TPSA) is 91.8 Å². The number of likely N-dealkylation sites (tertiary alicyclic amines) is 1. The van der Waals surface area contributed by atoms with Crippen LogP contribution >= 0.6 is 0 Å². The van der Waals surface area contributed by atoms with Crippen LogP contribution in [-0.4, -0.2) is 59.0 Å². The van der Waals surface area contributed by atoms with Gasteiger partial charge < -0.3 is 20.1 Å². The number of aliphatic hydroxyl groups is 1. The minimum Gasteiger partial charge on any atom is -0.491 e. The largest absolute Gasteiger partial charge is 0.491 e. The van der Waals surface area contributed by atoms with Gasteiger partial charge in [0, 0.05) is 24.2 Å². The standard InChI is InChI=1S/C23H29N3O4/c1-16-7-10-24-22(13-16)25-23(29)19-8-11-26(12-9-19)14-20(28)15-30-21-5-3-18(4-6-21)17(2)27/h3-7,10,13,19-20,28H,8-9,11-12,14-15H2,1-2H3,(H,24,25,29). The van der Waals surface area contributed by atoms with E-state index in [2.05, 4.69) is 15.2 Å². The zero-order valence-electron chi connectivity index (χ0n) is 17.5. The fraction of sp³-hybridized carbons (Fsp3) is 0.435. The van der Waals surface area contributed by atoms with Crippen molar-refractivity contribution in [2.75, 3.05) is 31.6 Å². The Morgan fingerprint density at radius 3 is 2.57 bits per heavy atom. The van der Waals surface area contributed by atoms with Gasteiger partial charge in [-0.05, 0) is 81.7 Å². The number of rotatable bonds is 8. The number of hydrogen-bond donors (Lipinski definition) is 2. The zero-order valence-corrected chi connectivity index (χ0v) is 17.5. The van der Waals surface area contributed by atoms with Crippen LogP contribution in [0.15, 0.2) is 42.6 Å². The number of benzene rings is 1. The lowest BCUT2D eigenvalue weighted by atomic mass is 9.95. The van der Waals surface area contributed by atoms with Crippen molar-refractivity contribution >= 4 is 17.5 Å². The lowest BCUT2D eigenvalue weighted by molar-refractivity contribution is -0.121. The van der Waals surface area contributed by atoms with Crippen molar-refractivity contribution in [2.24, 2.45) is 5.92 Å². The van der Waals surface area contributed by atoms with Gasteiger partial charge in [-0.2, -0.15) is 0 Å². The Morgan fingerprint density at radius 2 is 1.93 bits per heavy atom. The fourth-order valence-corrected chi connectivity index (χ4v) is 3.54. The third-order valence-corrected chi connectivity index (χ3v) is 5.30. The monoisotopic (exact) mass is 411 g/mol. The van der Waals surface area contributed by atoms with Gasteiger partial charge in [0.05, 0.1) is 0 Å². The van der Waals surface area contributed by atoms with Gasteiger partial charge in [0.1, 0.15) is 24.3 Å². The Kier molecular flexibility index (Phi) is 7.54. The molecule has 0 spiro atoms. The average Bonchev–Trinajstić information content (AvgIpc) is 2.73. The maximum Gasteiger partial charge on any atom is 0.228 e. The molecule has 2 aromatic rings. The van der Waals surface area contributed by atoms with E-state index in [0.717, 1.165) is 31.5 Å². The quantitative estimate of drug-likeness (QED) is 0.649. The molecule has 2 heterocycles. The van der Waals surface area contributed by atoms with Crippen LogP contribution in [0.1, 0.15) is 35.7 Å². The van der Waals surface area contributed by atoms with Crippen LogP contribution in [0.5, 0.6) is 5.75 Å². The molecule has 1 atom stereocenters. The second-order valence-electron chi connectivity index (χ2n) is 7.83. The highest BCUT2D eigenvalue weighted by Gasteiger charge is 2.26. The van der Waals surface area contributed by atoms with Crippen LogP contribution in [0.4, 0.5) is 5.82 Å². The third-order valence-electron chi connectivity index (χ3n) is 5.30. The van der Waals surface area contributed by atoms with E-state index in [0.29, 0.717) is 23.7 Å². The number of aryl methyl sites for hydroxylation is 1. The number of Topliss-reactive ketones (excluding diaryl/α,β-unsaturated/α-hetero) is 1. The predicted octanol–water partition coefficient (Wildman–Crippen LogP) is 2.68. The maximum absolute atomic E-state index is 12.5.